The van der Waals surface area contributed by atoms with E-state index < -0.39 is 7.60 Å². The Bertz CT molecular complexity index is 1090. The topological polar surface area (TPSA) is 46.5 Å². The monoisotopic (exact) mass is 478 g/mol. The Hall–Kier alpha value is -1.57. The van der Waals surface area contributed by atoms with Gasteiger partial charge in [-0.3, -0.25) is 0 Å². The van der Waals surface area contributed by atoms with Crippen LogP contribution in [0.3, 0.4) is 0 Å². The molecule has 1 N–H and O–H groups in total. The first-order chi connectivity index (χ1) is 16.6. The summed E-state index contributed by atoms with van der Waals surface area (Å²) in [6, 6.07) is 11.1. The highest BCUT2D eigenvalue weighted by molar-refractivity contribution is 7.62. The summed E-state index contributed by atoms with van der Waals surface area (Å²) in [7, 11) is -3.91. The van der Waals surface area contributed by atoms with Gasteiger partial charge in [0, 0.05) is 11.1 Å². The van der Waals surface area contributed by atoms with Crippen LogP contribution in [-0.2, 0) is 4.57 Å². The molecule has 6 rings (SSSR count). The molecule has 182 valence electrons. The van der Waals surface area contributed by atoms with Crippen molar-refractivity contribution in [2.75, 3.05) is 0 Å². The lowest BCUT2D eigenvalue weighted by atomic mass is 9.78. The van der Waals surface area contributed by atoms with Crippen LogP contribution in [0.15, 0.2) is 30.3 Å². The van der Waals surface area contributed by atoms with E-state index in [9.17, 15) is 9.46 Å². The third-order valence-electron chi connectivity index (χ3n) is 9.17. The molecule has 1 aliphatic heterocycles. The molecule has 3 fully saturated rings. The molecule has 2 aromatic rings. The van der Waals surface area contributed by atoms with Crippen LogP contribution in [0.5, 0.6) is 5.75 Å². The number of fused-ring (bicyclic) bond motifs is 3. The highest BCUT2D eigenvalue weighted by Crippen LogP contribution is 2.56. The fraction of sp³-hybridized carbons (Fsp3) is 0.600. The lowest BCUT2D eigenvalue weighted by molar-refractivity contribution is 0.381. The second-order valence-electron chi connectivity index (χ2n) is 11.4. The summed E-state index contributed by atoms with van der Waals surface area (Å²) >= 11 is 0. The average Bonchev–Trinajstić information content (AvgIpc) is 2.89. The normalized spacial score (nSPS) is 26.5. The van der Waals surface area contributed by atoms with Gasteiger partial charge in [-0.2, -0.15) is 0 Å². The van der Waals surface area contributed by atoms with E-state index in [2.05, 4.69) is 24.3 Å². The Morgan fingerprint density at radius 2 is 1.21 bits per heavy atom. The molecule has 2 aromatic carbocycles. The first-order valence-corrected chi connectivity index (χ1v) is 15.5. The second-order valence-corrected chi connectivity index (χ2v) is 13.1. The Balaban J connectivity index is 1.48. The Morgan fingerprint density at radius 3 is 1.82 bits per heavy atom. The molecule has 3 aliphatic carbocycles. The summed E-state index contributed by atoms with van der Waals surface area (Å²) < 4.78 is 19.7. The van der Waals surface area contributed by atoms with Crippen LogP contribution in [0.1, 0.15) is 131 Å². The molecule has 0 aromatic heterocycles. The lowest BCUT2D eigenvalue weighted by Crippen LogP contribution is -2.21. The highest BCUT2D eigenvalue weighted by atomic mass is 31.2. The zero-order valence-electron chi connectivity index (χ0n) is 20.4. The quantitative estimate of drug-likeness (QED) is 0.449. The fourth-order valence-corrected chi connectivity index (χ4v) is 8.60. The van der Waals surface area contributed by atoms with E-state index in [1.54, 1.807) is 0 Å². The summed E-state index contributed by atoms with van der Waals surface area (Å²) in [5.41, 5.74) is 5.85. The van der Waals surface area contributed by atoms with Gasteiger partial charge in [0.25, 0.3) is 0 Å². The maximum absolute atomic E-state index is 13.6. The minimum Gasteiger partial charge on any atom is -0.420 e. The van der Waals surface area contributed by atoms with E-state index in [4.69, 9.17) is 4.52 Å². The predicted molar refractivity (Wildman–Crippen MR) is 139 cm³/mol. The van der Waals surface area contributed by atoms with Crippen LogP contribution in [0.2, 0.25) is 0 Å². The lowest BCUT2D eigenvalue weighted by Gasteiger charge is -2.33. The number of benzene rings is 2. The van der Waals surface area contributed by atoms with Gasteiger partial charge in [0.05, 0.1) is 5.30 Å². The van der Waals surface area contributed by atoms with Gasteiger partial charge in [0.1, 0.15) is 5.75 Å². The van der Waals surface area contributed by atoms with Crippen molar-refractivity contribution in [3.05, 3.63) is 47.0 Å². The Kier molecular flexibility index (Phi) is 6.37. The summed E-state index contributed by atoms with van der Waals surface area (Å²) in [5.74, 6) is 2.25. The van der Waals surface area contributed by atoms with Crippen LogP contribution in [0.4, 0.5) is 0 Å². The van der Waals surface area contributed by atoms with Crippen molar-refractivity contribution in [3.8, 4) is 16.9 Å². The van der Waals surface area contributed by atoms with Crippen molar-refractivity contribution < 1.29 is 14.0 Å². The molecule has 1 atom stereocenters. The smallest absolute Gasteiger partial charge is 0.408 e. The molecule has 4 aliphatic rings. The van der Waals surface area contributed by atoms with Crippen molar-refractivity contribution in [3.63, 3.8) is 0 Å². The van der Waals surface area contributed by atoms with E-state index in [1.807, 2.05) is 6.07 Å². The molecule has 0 saturated heterocycles. The largest absolute Gasteiger partial charge is 0.420 e. The average molecular weight is 479 g/mol. The van der Waals surface area contributed by atoms with Crippen LogP contribution in [-0.4, -0.2) is 4.89 Å². The van der Waals surface area contributed by atoms with E-state index >= 15 is 0 Å². The SMILES string of the molecule is O=P1(O)Oc2c(cc(C3CCCCC3)cc2C2CCCCC2)-c2ccc(C3CCCCC3)cc21. The van der Waals surface area contributed by atoms with Gasteiger partial charge in [-0.15, -0.1) is 0 Å². The molecule has 1 unspecified atom stereocenters. The second kappa shape index (κ2) is 9.47. The number of hydrogen-bond acceptors (Lipinski definition) is 2. The van der Waals surface area contributed by atoms with Crippen molar-refractivity contribution in [1.82, 2.24) is 0 Å². The standard InChI is InChI=1S/C30H39O3P/c31-34(32)29-20-24(21-10-4-1-5-11-21)16-17-26(29)28-19-25(22-12-6-2-7-13-22)18-27(30(28)33-34)23-14-8-3-9-15-23/h16-23H,1-15H2,(H,31,32). The Morgan fingerprint density at radius 1 is 0.647 bits per heavy atom. The summed E-state index contributed by atoms with van der Waals surface area (Å²) in [5, 5.41) is 0.526. The molecule has 3 nitrogen and oxygen atoms in total. The molecule has 0 spiro atoms. The van der Waals surface area contributed by atoms with Crippen LogP contribution in [0, 0.1) is 0 Å². The van der Waals surface area contributed by atoms with Gasteiger partial charge in [0.2, 0.25) is 0 Å². The third-order valence-corrected chi connectivity index (χ3v) is 10.6. The van der Waals surface area contributed by atoms with Gasteiger partial charge in [-0.1, -0.05) is 76.0 Å². The maximum atomic E-state index is 13.6. The predicted octanol–water partition coefficient (Wildman–Crippen LogP) is 8.70. The summed E-state index contributed by atoms with van der Waals surface area (Å²) in [6.07, 6.45) is 18.8. The third kappa shape index (κ3) is 4.28. The van der Waals surface area contributed by atoms with E-state index in [0.29, 0.717) is 28.8 Å². The minimum atomic E-state index is -3.91. The van der Waals surface area contributed by atoms with Crippen LogP contribution < -0.4 is 9.83 Å². The molecule has 4 heteroatoms. The molecular formula is C30H39O3P. The van der Waals surface area contributed by atoms with Crippen molar-refractivity contribution in [1.29, 1.82) is 0 Å². The van der Waals surface area contributed by atoms with E-state index in [1.165, 1.54) is 100 Å². The molecule has 1 heterocycles. The van der Waals surface area contributed by atoms with Gasteiger partial charge < -0.3 is 9.42 Å². The molecule has 0 amide bonds. The first kappa shape index (κ1) is 22.9. The zero-order valence-corrected chi connectivity index (χ0v) is 21.3. The molecule has 34 heavy (non-hydrogen) atoms. The van der Waals surface area contributed by atoms with E-state index in [-0.39, 0.29) is 0 Å². The summed E-state index contributed by atoms with van der Waals surface area (Å²) in [4.78, 5) is 11.2. The van der Waals surface area contributed by atoms with Gasteiger partial charge in [0.15, 0.2) is 0 Å². The van der Waals surface area contributed by atoms with Crippen LogP contribution >= 0.6 is 7.60 Å². The van der Waals surface area contributed by atoms with Crippen LogP contribution in [0.25, 0.3) is 11.1 Å². The zero-order chi connectivity index (χ0) is 23.1. The minimum absolute atomic E-state index is 0.439. The number of rotatable bonds is 3. The Labute approximate surface area is 204 Å². The maximum Gasteiger partial charge on any atom is 0.408 e. The molecule has 0 bridgehead atoms. The first-order valence-electron chi connectivity index (χ1n) is 14.0. The molecular weight excluding hydrogens is 439 g/mol. The van der Waals surface area contributed by atoms with Gasteiger partial charge in [-0.05, 0) is 85.1 Å². The van der Waals surface area contributed by atoms with Crippen molar-refractivity contribution in [2.45, 2.75) is 114 Å². The van der Waals surface area contributed by atoms with E-state index in [0.717, 1.165) is 24.0 Å². The molecule has 0 radical (unpaired) electrons. The van der Waals surface area contributed by atoms with Crippen molar-refractivity contribution in [2.24, 2.45) is 0 Å². The van der Waals surface area contributed by atoms with Gasteiger partial charge in [-0.25, -0.2) is 4.57 Å². The highest BCUT2D eigenvalue weighted by Gasteiger charge is 2.38. The van der Waals surface area contributed by atoms with Crippen molar-refractivity contribution >= 4 is 12.9 Å². The molecule has 3 saturated carbocycles. The fourth-order valence-electron chi connectivity index (χ4n) is 7.24. The van der Waals surface area contributed by atoms with Gasteiger partial charge >= 0.3 is 7.60 Å². The number of hydrogen-bond donors (Lipinski definition) is 1. The summed E-state index contributed by atoms with van der Waals surface area (Å²) in [6.45, 7) is 0.